The molecule has 3 heterocycles. The third-order valence-corrected chi connectivity index (χ3v) is 3.93. The summed E-state index contributed by atoms with van der Waals surface area (Å²) in [5, 5.41) is 3.41. The van der Waals surface area contributed by atoms with Gasteiger partial charge in [-0.05, 0) is 38.6 Å². The molecule has 1 unspecified atom stereocenters. The van der Waals surface area contributed by atoms with Crippen molar-refractivity contribution in [2.75, 3.05) is 20.1 Å². The second-order valence-electron chi connectivity index (χ2n) is 5.43. The quantitative estimate of drug-likeness (QED) is 0.901. The van der Waals surface area contributed by atoms with Crippen LogP contribution in [0.25, 0.3) is 5.65 Å². The lowest BCUT2D eigenvalue weighted by Gasteiger charge is -2.31. The van der Waals surface area contributed by atoms with Gasteiger partial charge in [-0.15, -0.1) is 0 Å². The molecule has 0 saturated carbocycles. The van der Waals surface area contributed by atoms with Crippen LogP contribution in [0.3, 0.4) is 0 Å². The van der Waals surface area contributed by atoms with Crippen molar-refractivity contribution in [2.24, 2.45) is 0 Å². The minimum absolute atomic E-state index is 0.0132. The van der Waals surface area contributed by atoms with Gasteiger partial charge in [0.05, 0.1) is 5.69 Å². The molecule has 1 fully saturated rings. The Balaban J connectivity index is 1.81. The van der Waals surface area contributed by atoms with Crippen molar-refractivity contribution in [3.63, 3.8) is 0 Å². The molecule has 5 heteroatoms. The van der Waals surface area contributed by atoms with E-state index in [-0.39, 0.29) is 5.56 Å². The molecular weight excluding hydrogens is 252 g/mol. The number of nitrogens with zero attached hydrogens (tertiary/aromatic N) is 3. The fourth-order valence-corrected chi connectivity index (χ4v) is 2.78. The van der Waals surface area contributed by atoms with Gasteiger partial charge in [0.2, 0.25) is 0 Å². The van der Waals surface area contributed by atoms with E-state index in [0.29, 0.717) is 18.2 Å². The summed E-state index contributed by atoms with van der Waals surface area (Å²) in [6.07, 6.45) is 4.17. The summed E-state index contributed by atoms with van der Waals surface area (Å²) in [5.41, 5.74) is 1.54. The molecule has 20 heavy (non-hydrogen) atoms. The van der Waals surface area contributed by atoms with Gasteiger partial charge >= 0.3 is 0 Å². The first-order valence-corrected chi connectivity index (χ1v) is 7.12. The number of nitrogens with one attached hydrogen (secondary N) is 1. The zero-order valence-corrected chi connectivity index (χ0v) is 11.7. The average Bonchev–Trinajstić information content (AvgIpc) is 2.48. The van der Waals surface area contributed by atoms with Gasteiger partial charge in [0.1, 0.15) is 5.65 Å². The van der Waals surface area contributed by atoms with E-state index in [9.17, 15) is 4.79 Å². The number of pyridine rings is 1. The second-order valence-corrected chi connectivity index (χ2v) is 5.43. The van der Waals surface area contributed by atoms with E-state index in [1.807, 2.05) is 18.2 Å². The molecule has 1 atom stereocenters. The number of piperidine rings is 1. The van der Waals surface area contributed by atoms with Crippen LogP contribution in [-0.4, -0.2) is 40.5 Å². The maximum absolute atomic E-state index is 12.0. The summed E-state index contributed by atoms with van der Waals surface area (Å²) in [6, 6.07) is 7.78. The van der Waals surface area contributed by atoms with Gasteiger partial charge in [0, 0.05) is 31.4 Å². The van der Waals surface area contributed by atoms with E-state index in [4.69, 9.17) is 0 Å². The van der Waals surface area contributed by atoms with E-state index in [1.54, 1.807) is 16.7 Å². The van der Waals surface area contributed by atoms with Gasteiger partial charge in [-0.1, -0.05) is 6.07 Å². The Morgan fingerprint density at radius 1 is 1.50 bits per heavy atom. The van der Waals surface area contributed by atoms with Gasteiger partial charge in [-0.2, -0.15) is 0 Å². The molecule has 2 aromatic heterocycles. The first-order chi connectivity index (χ1) is 9.74. The summed E-state index contributed by atoms with van der Waals surface area (Å²) < 4.78 is 1.58. The fraction of sp³-hybridized carbons (Fsp3) is 0.467. The number of likely N-dealkylation sites (N-methyl/N-ethyl adjacent to an activating group) is 1. The maximum atomic E-state index is 12.0. The first kappa shape index (κ1) is 13.3. The van der Waals surface area contributed by atoms with Gasteiger partial charge in [-0.25, -0.2) is 4.98 Å². The van der Waals surface area contributed by atoms with E-state index in [1.165, 1.54) is 12.8 Å². The van der Waals surface area contributed by atoms with Gasteiger partial charge in [0.15, 0.2) is 0 Å². The van der Waals surface area contributed by atoms with Crippen molar-refractivity contribution in [2.45, 2.75) is 25.4 Å². The van der Waals surface area contributed by atoms with Crippen molar-refractivity contribution in [1.29, 1.82) is 0 Å². The monoisotopic (exact) mass is 272 g/mol. The molecule has 0 aromatic carbocycles. The minimum atomic E-state index is -0.0132. The largest absolute Gasteiger partial charge is 0.315 e. The van der Waals surface area contributed by atoms with Crippen molar-refractivity contribution >= 4 is 5.65 Å². The number of hydrogen-bond donors (Lipinski definition) is 1. The van der Waals surface area contributed by atoms with Gasteiger partial charge in [-0.3, -0.25) is 14.1 Å². The van der Waals surface area contributed by atoms with Gasteiger partial charge < -0.3 is 5.32 Å². The predicted molar refractivity (Wildman–Crippen MR) is 78.8 cm³/mol. The molecule has 0 spiro atoms. The lowest BCUT2D eigenvalue weighted by atomic mass is 10.1. The van der Waals surface area contributed by atoms with Crippen LogP contribution in [0, 0.1) is 0 Å². The topological polar surface area (TPSA) is 49.6 Å². The lowest BCUT2D eigenvalue weighted by Crippen LogP contribution is -2.43. The van der Waals surface area contributed by atoms with E-state index in [2.05, 4.69) is 22.2 Å². The highest BCUT2D eigenvalue weighted by molar-refractivity contribution is 5.37. The summed E-state index contributed by atoms with van der Waals surface area (Å²) >= 11 is 0. The molecule has 1 saturated heterocycles. The van der Waals surface area contributed by atoms with Crippen LogP contribution in [0.15, 0.2) is 35.3 Å². The molecule has 0 amide bonds. The van der Waals surface area contributed by atoms with E-state index < -0.39 is 0 Å². The second kappa shape index (κ2) is 5.73. The molecule has 2 aromatic rings. The van der Waals surface area contributed by atoms with E-state index in [0.717, 1.165) is 18.8 Å². The van der Waals surface area contributed by atoms with Crippen LogP contribution in [-0.2, 0) is 6.54 Å². The Labute approximate surface area is 118 Å². The number of hydrogen-bond acceptors (Lipinski definition) is 4. The fourth-order valence-electron chi connectivity index (χ4n) is 2.78. The van der Waals surface area contributed by atoms with Crippen molar-refractivity contribution in [3.05, 3.63) is 46.5 Å². The first-order valence-electron chi connectivity index (χ1n) is 7.12. The standard InChI is InChI=1S/C15H20N4O/c1-18(13-5-4-7-16-10-13)11-12-9-15(20)19-8-3-2-6-14(19)17-12/h2-3,6,8-9,13,16H,4-5,7,10-11H2,1H3. The minimum Gasteiger partial charge on any atom is -0.315 e. The molecular formula is C15H20N4O. The molecule has 3 rings (SSSR count). The van der Waals surface area contributed by atoms with Gasteiger partial charge in [0.25, 0.3) is 5.56 Å². The van der Waals surface area contributed by atoms with Crippen molar-refractivity contribution in [1.82, 2.24) is 19.6 Å². The van der Waals surface area contributed by atoms with Crippen LogP contribution in [0.2, 0.25) is 0 Å². The normalized spacial score (nSPS) is 19.6. The molecule has 0 radical (unpaired) electrons. The summed E-state index contributed by atoms with van der Waals surface area (Å²) in [6.45, 7) is 2.84. The Kier molecular flexibility index (Phi) is 3.80. The SMILES string of the molecule is CN(Cc1cc(=O)n2ccccc2n1)C1CCCNC1. The Bertz CT molecular complexity index is 646. The molecule has 1 N–H and O–H groups in total. The van der Waals surface area contributed by atoms with Crippen LogP contribution < -0.4 is 10.9 Å². The Morgan fingerprint density at radius 3 is 3.20 bits per heavy atom. The molecule has 106 valence electrons. The maximum Gasteiger partial charge on any atom is 0.258 e. The highest BCUT2D eigenvalue weighted by atomic mass is 16.1. The number of aromatic nitrogens is 2. The zero-order chi connectivity index (χ0) is 13.9. The molecule has 0 bridgehead atoms. The van der Waals surface area contributed by atoms with Crippen molar-refractivity contribution < 1.29 is 0 Å². The summed E-state index contributed by atoms with van der Waals surface area (Å²) in [5.74, 6) is 0. The highest BCUT2D eigenvalue weighted by Crippen LogP contribution is 2.11. The number of fused-ring (bicyclic) bond motifs is 1. The van der Waals surface area contributed by atoms with Crippen LogP contribution in [0.5, 0.6) is 0 Å². The highest BCUT2D eigenvalue weighted by Gasteiger charge is 2.18. The smallest absolute Gasteiger partial charge is 0.258 e. The average molecular weight is 272 g/mol. The Hall–Kier alpha value is -1.72. The molecule has 0 aliphatic carbocycles. The van der Waals surface area contributed by atoms with Crippen molar-refractivity contribution in [3.8, 4) is 0 Å². The predicted octanol–water partition coefficient (Wildman–Crippen LogP) is 0.878. The zero-order valence-electron chi connectivity index (χ0n) is 11.7. The van der Waals surface area contributed by atoms with E-state index >= 15 is 0 Å². The Morgan fingerprint density at radius 2 is 2.40 bits per heavy atom. The number of rotatable bonds is 3. The molecule has 5 nitrogen and oxygen atoms in total. The van der Waals surface area contributed by atoms with Crippen LogP contribution >= 0.6 is 0 Å². The molecule has 1 aliphatic heterocycles. The third-order valence-electron chi connectivity index (χ3n) is 3.93. The van der Waals surface area contributed by atoms with Crippen LogP contribution in [0.4, 0.5) is 0 Å². The summed E-state index contributed by atoms with van der Waals surface area (Å²) in [4.78, 5) is 18.9. The lowest BCUT2D eigenvalue weighted by molar-refractivity contribution is 0.194. The van der Waals surface area contributed by atoms with Crippen LogP contribution in [0.1, 0.15) is 18.5 Å². The molecule has 1 aliphatic rings. The third kappa shape index (κ3) is 2.73. The summed E-state index contributed by atoms with van der Waals surface area (Å²) in [7, 11) is 2.10.